The van der Waals surface area contributed by atoms with Crippen molar-refractivity contribution in [2.45, 2.75) is 32.4 Å². The number of aliphatic hydroxyl groups excluding tert-OH is 1. The van der Waals surface area contributed by atoms with E-state index in [4.69, 9.17) is 20.1 Å². The normalized spacial score (nSPS) is 17.1. The Morgan fingerprint density at radius 1 is 1.57 bits per heavy atom. The second kappa shape index (κ2) is 7.56. The summed E-state index contributed by atoms with van der Waals surface area (Å²) in [4.78, 5) is 13.7. The summed E-state index contributed by atoms with van der Waals surface area (Å²) < 4.78 is 11.0. The Kier molecular flexibility index (Phi) is 5.75. The Bertz CT molecular complexity index is 467. The van der Waals surface area contributed by atoms with Crippen molar-refractivity contribution in [3.05, 3.63) is 23.2 Å². The van der Waals surface area contributed by atoms with Crippen LogP contribution in [0.4, 0.5) is 0 Å². The van der Waals surface area contributed by atoms with Gasteiger partial charge in [0.25, 0.3) is 0 Å². The Hall–Kier alpha value is -1.41. The number of aryl methyl sites for hydroxylation is 1. The smallest absolute Gasteiger partial charge is 0.300 e. The van der Waals surface area contributed by atoms with Gasteiger partial charge in [0, 0.05) is 25.2 Å². The summed E-state index contributed by atoms with van der Waals surface area (Å²) in [5.74, 6) is 5.67. The van der Waals surface area contributed by atoms with Crippen molar-refractivity contribution in [2.24, 2.45) is 5.84 Å². The third kappa shape index (κ3) is 4.28. The molecule has 2 heterocycles. The topological polar surface area (TPSA) is 101 Å². The number of aliphatic hydroxyl groups is 1. The van der Waals surface area contributed by atoms with Crippen LogP contribution in [-0.4, -0.2) is 48.3 Å². The zero-order valence-corrected chi connectivity index (χ0v) is 12.3. The molecule has 0 atom stereocenters. The SMILES string of the molecule is Cc1oc(C(=O)NN)cc1CN1CCC(OCCO)CC1. The predicted octanol–water partition coefficient (Wildman–Crippen LogP) is 0.165. The summed E-state index contributed by atoms with van der Waals surface area (Å²) in [5.41, 5.74) is 3.07. The molecule has 0 unspecified atom stereocenters. The predicted molar refractivity (Wildman–Crippen MR) is 76.4 cm³/mol. The largest absolute Gasteiger partial charge is 0.456 e. The molecular formula is C14H23N3O4. The number of hydrazine groups is 1. The number of nitrogens with two attached hydrogens (primary N) is 1. The molecule has 0 aromatic carbocycles. The average Bonchev–Trinajstić information content (AvgIpc) is 2.87. The Labute approximate surface area is 124 Å². The number of amides is 1. The zero-order chi connectivity index (χ0) is 15.2. The van der Waals surface area contributed by atoms with Gasteiger partial charge in [-0.1, -0.05) is 0 Å². The fourth-order valence-electron chi connectivity index (χ4n) is 2.55. The Morgan fingerprint density at radius 3 is 2.90 bits per heavy atom. The van der Waals surface area contributed by atoms with Gasteiger partial charge in [-0.3, -0.25) is 15.1 Å². The first-order valence-electron chi connectivity index (χ1n) is 7.19. The van der Waals surface area contributed by atoms with Crippen LogP contribution in [0.2, 0.25) is 0 Å². The number of rotatable bonds is 6. The third-order valence-corrected chi connectivity index (χ3v) is 3.75. The molecule has 2 rings (SSSR count). The van der Waals surface area contributed by atoms with Crippen molar-refractivity contribution >= 4 is 5.91 Å². The van der Waals surface area contributed by atoms with Gasteiger partial charge in [0.2, 0.25) is 0 Å². The standard InChI is InChI=1S/C14H23N3O4/c1-10-11(8-13(21-10)14(19)16-15)9-17-4-2-12(3-5-17)20-7-6-18/h8,12,18H,2-7,9,15H2,1H3,(H,16,19). The monoisotopic (exact) mass is 297 g/mol. The molecule has 1 aliphatic heterocycles. The lowest BCUT2D eigenvalue weighted by Crippen LogP contribution is -2.37. The molecule has 1 aromatic heterocycles. The fraction of sp³-hybridized carbons (Fsp3) is 0.643. The van der Waals surface area contributed by atoms with E-state index in [2.05, 4.69) is 10.3 Å². The second-order valence-corrected chi connectivity index (χ2v) is 5.24. The molecule has 1 amide bonds. The van der Waals surface area contributed by atoms with Gasteiger partial charge in [-0.2, -0.15) is 0 Å². The maximum Gasteiger partial charge on any atom is 0.300 e. The fourth-order valence-corrected chi connectivity index (χ4v) is 2.55. The van der Waals surface area contributed by atoms with E-state index in [0.29, 0.717) is 6.61 Å². The van der Waals surface area contributed by atoms with Gasteiger partial charge in [0.05, 0.1) is 19.3 Å². The van der Waals surface area contributed by atoms with Crippen LogP contribution in [0.15, 0.2) is 10.5 Å². The summed E-state index contributed by atoms with van der Waals surface area (Å²) in [6.45, 7) is 4.93. The van der Waals surface area contributed by atoms with Crippen molar-refractivity contribution in [1.29, 1.82) is 0 Å². The van der Waals surface area contributed by atoms with E-state index in [1.807, 2.05) is 6.92 Å². The van der Waals surface area contributed by atoms with E-state index < -0.39 is 5.91 Å². The Balaban J connectivity index is 1.86. The minimum absolute atomic E-state index is 0.0699. The lowest BCUT2D eigenvalue weighted by molar-refractivity contribution is -0.00906. The molecule has 0 radical (unpaired) electrons. The van der Waals surface area contributed by atoms with Crippen LogP contribution in [0.3, 0.4) is 0 Å². The van der Waals surface area contributed by atoms with Crippen LogP contribution < -0.4 is 11.3 Å². The second-order valence-electron chi connectivity index (χ2n) is 5.24. The molecule has 7 heteroatoms. The first-order chi connectivity index (χ1) is 10.1. The molecule has 0 aliphatic carbocycles. The average molecular weight is 297 g/mol. The van der Waals surface area contributed by atoms with Gasteiger partial charge in [-0.05, 0) is 25.8 Å². The number of nitrogen functional groups attached to an aromatic ring is 1. The van der Waals surface area contributed by atoms with E-state index in [9.17, 15) is 4.79 Å². The number of nitrogens with zero attached hydrogens (tertiary/aromatic N) is 1. The molecule has 4 N–H and O–H groups in total. The van der Waals surface area contributed by atoms with Crippen molar-refractivity contribution < 1.29 is 19.1 Å². The Morgan fingerprint density at radius 2 is 2.29 bits per heavy atom. The van der Waals surface area contributed by atoms with Crippen molar-refractivity contribution in [1.82, 2.24) is 10.3 Å². The van der Waals surface area contributed by atoms with Crippen LogP contribution in [0, 0.1) is 6.92 Å². The van der Waals surface area contributed by atoms with Gasteiger partial charge >= 0.3 is 5.91 Å². The third-order valence-electron chi connectivity index (χ3n) is 3.75. The quantitative estimate of drug-likeness (QED) is 0.393. The molecule has 1 aromatic rings. The highest BCUT2D eigenvalue weighted by Crippen LogP contribution is 2.20. The first-order valence-corrected chi connectivity index (χ1v) is 7.19. The summed E-state index contributed by atoms with van der Waals surface area (Å²) in [6, 6.07) is 1.74. The van der Waals surface area contributed by atoms with E-state index in [1.165, 1.54) is 0 Å². The number of hydrogen-bond donors (Lipinski definition) is 3. The summed E-state index contributed by atoms with van der Waals surface area (Å²) in [5, 5.41) is 8.75. The highest BCUT2D eigenvalue weighted by atomic mass is 16.5. The lowest BCUT2D eigenvalue weighted by Gasteiger charge is -2.31. The van der Waals surface area contributed by atoms with Crippen LogP contribution in [0.5, 0.6) is 0 Å². The van der Waals surface area contributed by atoms with Gasteiger partial charge < -0.3 is 14.3 Å². The number of piperidine rings is 1. The van der Waals surface area contributed by atoms with E-state index in [-0.39, 0.29) is 18.5 Å². The van der Waals surface area contributed by atoms with Crippen molar-refractivity contribution in [3.8, 4) is 0 Å². The van der Waals surface area contributed by atoms with Gasteiger partial charge in [0.1, 0.15) is 5.76 Å². The summed E-state index contributed by atoms with van der Waals surface area (Å²) >= 11 is 0. The molecule has 7 nitrogen and oxygen atoms in total. The molecule has 1 fully saturated rings. The van der Waals surface area contributed by atoms with Crippen molar-refractivity contribution in [2.75, 3.05) is 26.3 Å². The summed E-state index contributed by atoms with van der Waals surface area (Å²) in [7, 11) is 0. The maximum atomic E-state index is 11.4. The highest BCUT2D eigenvalue weighted by Gasteiger charge is 2.21. The first kappa shape index (κ1) is 16.0. The molecule has 21 heavy (non-hydrogen) atoms. The van der Waals surface area contributed by atoms with Crippen LogP contribution in [0.25, 0.3) is 0 Å². The maximum absolute atomic E-state index is 11.4. The number of ether oxygens (including phenoxy) is 1. The number of carbonyl (C=O) groups is 1. The molecule has 1 saturated heterocycles. The molecule has 1 aliphatic rings. The number of nitrogens with one attached hydrogen (secondary N) is 1. The molecule has 0 bridgehead atoms. The van der Waals surface area contributed by atoms with Crippen LogP contribution in [0.1, 0.15) is 34.7 Å². The minimum Gasteiger partial charge on any atom is -0.456 e. The van der Waals surface area contributed by atoms with Gasteiger partial charge in [-0.15, -0.1) is 0 Å². The lowest BCUT2D eigenvalue weighted by atomic mass is 10.1. The number of hydrogen-bond acceptors (Lipinski definition) is 6. The van der Waals surface area contributed by atoms with Gasteiger partial charge in [0.15, 0.2) is 5.76 Å². The van der Waals surface area contributed by atoms with E-state index in [1.54, 1.807) is 6.07 Å². The number of likely N-dealkylation sites (tertiary alicyclic amines) is 1. The molecular weight excluding hydrogens is 274 g/mol. The molecule has 0 spiro atoms. The minimum atomic E-state index is -0.416. The number of furan rings is 1. The van der Waals surface area contributed by atoms with Crippen molar-refractivity contribution in [3.63, 3.8) is 0 Å². The summed E-state index contributed by atoms with van der Waals surface area (Å²) in [6.07, 6.45) is 2.14. The van der Waals surface area contributed by atoms with Crippen LogP contribution >= 0.6 is 0 Å². The molecule has 118 valence electrons. The highest BCUT2D eigenvalue weighted by molar-refractivity contribution is 5.91. The van der Waals surface area contributed by atoms with Gasteiger partial charge in [-0.25, -0.2) is 5.84 Å². The van der Waals surface area contributed by atoms with E-state index >= 15 is 0 Å². The zero-order valence-electron chi connectivity index (χ0n) is 12.3. The number of carbonyl (C=O) groups excluding carboxylic acids is 1. The van der Waals surface area contributed by atoms with E-state index in [0.717, 1.165) is 43.8 Å². The molecule has 0 saturated carbocycles. The van der Waals surface area contributed by atoms with Crippen LogP contribution in [-0.2, 0) is 11.3 Å².